The van der Waals surface area contributed by atoms with Gasteiger partial charge in [0.25, 0.3) is 11.1 Å². The second kappa shape index (κ2) is 26.8. The number of aromatic hydroxyl groups is 2. The van der Waals surface area contributed by atoms with Gasteiger partial charge in [0, 0.05) is 47.2 Å². The van der Waals surface area contributed by atoms with Gasteiger partial charge in [0.1, 0.15) is 0 Å². The van der Waals surface area contributed by atoms with Crippen molar-refractivity contribution in [3.05, 3.63) is 149 Å². The van der Waals surface area contributed by atoms with Crippen LogP contribution in [0.4, 0.5) is 0 Å². The number of ether oxygens (including phenoxy) is 2. The number of nitrogens with one attached hydrogen (secondary N) is 2. The highest BCUT2D eigenvalue weighted by molar-refractivity contribution is 5.46. The van der Waals surface area contributed by atoms with E-state index in [9.17, 15) is 30.0 Å². The Balaban J connectivity index is 0.000000613. The molecule has 0 spiro atoms. The van der Waals surface area contributed by atoms with Crippen molar-refractivity contribution in [3.63, 3.8) is 0 Å². The normalized spacial score (nSPS) is 15.8. The molecule has 0 amide bonds. The molecule has 10 heteroatoms. The summed E-state index contributed by atoms with van der Waals surface area (Å²) in [5.74, 6) is -0.267. The molecule has 0 aliphatic heterocycles. The molecule has 0 aliphatic rings. The average molecular weight is 843 g/mol. The number of H-pyrrole nitrogens is 2. The van der Waals surface area contributed by atoms with Gasteiger partial charge in [-0.15, -0.1) is 0 Å². The predicted molar refractivity (Wildman–Crippen MR) is 253 cm³/mol. The Bertz CT molecular complexity index is 2170. The molecule has 2 aromatic rings. The molecule has 4 atom stereocenters. The van der Waals surface area contributed by atoms with Gasteiger partial charge in [0.15, 0.2) is 11.5 Å². The number of pyridine rings is 2. The van der Waals surface area contributed by atoms with E-state index in [1.54, 1.807) is 13.8 Å². The molecule has 4 unspecified atom stereocenters. The molecule has 0 fully saturated rings. The number of methoxy groups -OCH3 is 2. The maximum Gasteiger partial charge on any atom is 0.294 e. The van der Waals surface area contributed by atoms with E-state index in [4.69, 9.17) is 9.47 Å². The summed E-state index contributed by atoms with van der Waals surface area (Å²) in [4.78, 5) is 29.5. The lowest BCUT2D eigenvalue weighted by atomic mass is 9.96. The maximum absolute atomic E-state index is 12.0. The second-order valence-corrected chi connectivity index (χ2v) is 15.9. The molecule has 2 rings (SSSR count). The van der Waals surface area contributed by atoms with Gasteiger partial charge in [-0.2, -0.15) is 0 Å². The second-order valence-electron chi connectivity index (χ2n) is 15.9. The van der Waals surface area contributed by atoms with Crippen LogP contribution < -0.4 is 20.6 Å². The van der Waals surface area contributed by atoms with Crippen molar-refractivity contribution in [2.75, 3.05) is 14.2 Å². The zero-order chi connectivity index (χ0) is 46.6. The zero-order valence-corrected chi connectivity index (χ0v) is 39.4. The smallest absolute Gasteiger partial charge is 0.294 e. The zero-order valence-electron chi connectivity index (χ0n) is 39.4. The minimum absolute atomic E-state index is 0.0124. The number of aromatic amines is 2. The van der Waals surface area contributed by atoms with Crippen molar-refractivity contribution in [2.45, 2.75) is 128 Å². The number of hydrogen-bond donors (Lipinski definition) is 6. The Labute approximate surface area is 364 Å². The highest BCUT2D eigenvalue weighted by atomic mass is 16.5. The molecule has 0 saturated heterocycles. The molecular weight excluding hydrogens is 769 g/mol. The first-order valence-corrected chi connectivity index (χ1v) is 20.9. The van der Waals surface area contributed by atoms with Crippen molar-refractivity contribution in [3.8, 4) is 23.0 Å². The summed E-state index contributed by atoms with van der Waals surface area (Å²) in [6.45, 7) is 25.6. The van der Waals surface area contributed by atoms with Crippen LogP contribution in [-0.4, -0.2) is 56.8 Å². The van der Waals surface area contributed by atoms with Crippen molar-refractivity contribution < 1.29 is 29.9 Å². The van der Waals surface area contributed by atoms with Crippen LogP contribution in [0, 0.1) is 25.7 Å². The lowest BCUT2D eigenvalue weighted by molar-refractivity contribution is 0.173. The highest BCUT2D eigenvalue weighted by Gasteiger charge is 2.16. The van der Waals surface area contributed by atoms with Crippen molar-refractivity contribution >= 4 is 0 Å². The van der Waals surface area contributed by atoms with E-state index in [0.29, 0.717) is 35.4 Å². The average Bonchev–Trinajstić information content (AvgIpc) is 3.21. The van der Waals surface area contributed by atoms with Crippen LogP contribution in [0.3, 0.4) is 0 Å². The molecule has 0 saturated carbocycles. The van der Waals surface area contributed by atoms with Gasteiger partial charge in [-0.3, -0.25) is 9.59 Å². The van der Waals surface area contributed by atoms with Crippen LogP contribution in [0.2, 0.25) is 0 Å². The minimum atomic E-state index is -0.527. The molecule has 0 aromatic carbocycles. The summed E-state index contributed by atoms with van der Waals surface area (Å²) >= 11 is 0. The number of aromatic nitrogens is 2. The van der Waals surface area contributed by atoms with Gasteiger partial charge in [-0.25, -0.2) is 0 Å². The van der Waals surface area contributed by atoms with Gasteiger partial charge < -0.3 is 39.9 Å². The Kier molecular flexibility index (Phi) is 23.6. The number of rotatable bonds is 19. The number of hydrogen-bond acceptors (Lipinski definition) is 8. The first kappa shape index (κ1) is 53.7. The molecule has 10 nitrogen and oxygen atoms in total. The Morgan fingerprint density at radius 2 is 1.05 bits per heavy atom. The first-order valence-electron chi connectivity index (χ1n) is 20.9. The van der Waals surface area contributed by atoms with Gasteiger partial charge in [0.05, 0.1) is 26.4 Å². The third-order valence-electron chi connectivity index (χ3n) is 10.8. The van der Waals surface area contributed by atoms with E-state index in [2.05, 4.69) is 46.4 Å². The fraction of sp³-hybridized carbons (Fsp3) is 0.451. The molecule has 336 valence electrons. The van der Waals surface area contributed by atoms with E-state index in [1.807, 2.05) is 107 Å². The third kappa shape index (κ3) is 17.7. The van der Waals surface area contributed by atoms with Gasteiger partial charge in [-0.1, -0.05) is 109 Å². The summed E-state index contributed by atoms with van der Waals surface area (Å²) in [7, 11) is 2.72. The van der Waals surface area contributed by atoms with E-state index in [-0.39, 0.29) is 34.8 Å². The topological polar surface area (TPSA) is 165 Å². The molecular formula is C51H74N2O8. The number of allylic oxidation sites excluding steroid dienone is 14. The lowest BCUT2D eigenvalue weighted by Gasteiger charge is -2.16. The van der Waals surface area contributed by atoms with E-state index >= 15 is 0 Å². The van der Waals surface area contributed by atoms with E-state index in [0.717, 1.165) is 46.3 Å². The fourth-order valence-electron chi connectivity index (χ4n) is 6.27. The van der Waals surface area contributed by atoms with Crippen LogP contribution in [0.1, 0.15) is 112 Å². The Hall–Kier alpha value is -5.32. The summed E-state index contributed by atoms with van der Waals surface area (Å²) in [5, 5.41) is 40.9. The van der Waals surface area contributed by atoms with Gasteiger partial charge >= 0.3 is 0 Å². The largest absolute Gasteiger partial charge is 0.504 e. The quantitative estimate of drug-likeness (QED) is 0.0601. The molecule has 0 aliphatic carbocycles. The Morgan fingerprint density at radius 3 is 1.43 bits per heavy atom. The van der Waals surface area contributed by atoms with Crippen LogP contribution in [0.25, 0.3) is 0 Å². The summed E-state index contributed by atoms with van der Waals surface area (Å²) < 4.78 is 9.88. The van der Waals surface area contributed by atoms with Crippen molar-refractivity contribution in [2.24, 2.45) is 11.8 Å². The molecule has 61 heavy (non-hydrogen) atoms. The minimum Gasteiger partial charge on any atom is -0.504 e. The van der Waals surface area contributed by atoms with Crippen LogP contribution in [-0.2, 0) is 12.8 Å². The summed E-state index contributed by atoms with van der Waals surface area (Å²) in [6.07, 6.45) is 24.0. The van der Waals surface area contributed by atoms with E-state index in [1.165, 1.54) is 19.8 Å². The summed E-state index contributed by atoms with van der Waals surface area (Å²) in [6, 6.07) is 0. The third-order valence-corrected chi connectivity index (χ3v) is 10.8. The monoisotopic (exact) mass is 843 g/mol. The van der Waals surface area contributed by atoms with Crippen molar-refractivity contribution in [1.82, 2.24) is 9.97 Å². The van der Waals surface area contributed by atoms with Gasteiger partial charge in [-0.05, 0) is 100 Å². The van der Waals surface area contributed by atoms with Crippen LogP contribution in [0.5, 0.6) is 23.0 Å². The van der Waals surface area contributed by atoms with Crippen LogP contribution >= 0.6 is 0 Å². The lowest BCUT2D eigenvalue weighted by Crippen LogP contribution is -2.17. The van der Waals surface area contributed by atoms with E-state index < -0.39 is 23.3 Å². The van der Waals surface area contributed by atoms with Crippen molar-refractivity contribution in [1.29, 1.82) is 0 Å². The first-order chi connectivity index (χ1) is 28.6. The molecule has 2 aromatic heterocycles. The number of aliphatic hydroxyl groups excluding tert-OH is 2. The SMILES string of the molecule is C/C=C(C)/C(C)=C/C(O)C(C)/C=C(C)/C=C/C/C(C)=C/Cc1[nH]c(=O)c(OC)c(O)c1C.C/C=C(\C)C(O)C(C)/C=C(C)/C=C/C/C(C)=C/Cc1[nH]c(=O)c(OC)c(O)c1C. The maximum atomic E-state index is 12.0. The molecule has 2 heterocycles. The standard InChI is InChI=1S/C27H39NO4.C24H35NO4/c1-9-19(4)20(5)16-24(29)21(6)15-18(3)12-10-11-17(2)13-14-23-22(7)25(30)26(32-8)27(31)28-23;1-8-17(4)21(26)18(5)14-16(3)11-9-10-15(2)12-13-20-19(6)22(27)23(29-7)24(28)25-20/h9-10,12-13,15-16,21,24,29H,11,14H2,1-8H3,(H2,28,30,31);8-9,11-12,14,18,21,26H,10,13H2,1-7H3,(H2,25,27,28)/b12-10+,17-13+,18-15+,19-9+,20-16+;11-9+,15-12+,16-14+,17-8+. The van der Waals surface area contributed by atoms with Crippen LogP contribution in [0.15, 0.2) is 115 Å². The highest BCUT2D eigenvalue weighted by Crippen LogP contribution is 2.28. The fourth-order valence-corrected chi connectivity index (χ4v) is 6.27. The summed E-state index contributed by atoms with van der Waals surface area (Å²) in [5.41, 5.74) is 9.46. The predicted octanol–water partition coefficient (Wildman–Crippen LogP) is 10.4. The number of aliphatic hydroxyl groups is 2. The molecule has 0 radical (unpaired) electrons. The molecule has 6 N–H and O–H groups in total. The Morgan fingerprint density at radius 1 is 0.639 bits per heavy atom. The van der Waals surface area contributed by atoms with Gasteiger partial charge in [0.2, 0.25) is 11.5 Å². The molecule has 0 bridgehead atoms.